The Morgan fingerprint density at radius 2 is 1.83 bits per heavy atom. The number of hydrogen-bond acceptors (Lipinski definition) is 3. The fraction of sp³-hybridized carbons (Fsp3) is 0.700. The minimum atomic E-state index is 0.663. The largest absolute Gasteiger partial charge is 0.327 e. The first kappa shape index (κ1) is 22.1. The summed E-state index contributed by atoms with van der Waals surface area (Å²) in [5, 5.41) is 7.12. The Bertz CT molecular complexity index is 352. The van der Waals surface area contributed by atoms with Crippen LogP contribution in [0.4, 0.5) is 0 Å². The molecule has 0 aromatic rings. The SMILES string of the molecule is CC.CCC(CC)NCCCNCCC1=CC=C(CN)CC=C1. The van der Waals surface area contributed by atoms with Gasteiger partial charge < -0.3 is 16.4 Å². The van der Waals surface area contributed by atoms with Crippen LogP contribution in [-0.2, 0) is 0 Å². The van der Waals surface area contributed by atoms with Gasteiger partial charge in [-0.05, 0) is 57.3 Å². The molecule has 23 heavy (non-hydrogen) atoms. The summed E-state index contributed by atoms with van der Waals surface area (Å²) < 4.78 is 0. The smallest absolute Gasteiger partial charge is 0.0143 e. The fourth-order valence-electron chi connectivity index (χ4n) is 2.48. The molecule has 1 rings (SSSR count). The van der Waals surface area contributed by atoms with Crippen molar-refractivity contribution in [1.29, 1.82) is 0 Å². The molecule has 0 atom stereocenters. The standard InChI is InChI=1S/C18H33N3.C2H6/c1-3-18(4-2)21-13-6-12-20-14-11-16-7-5-8-17(15-19)10-9-16;1-2/h5,7,9-10,18,20-21H,3-4,6,8,11-15,19H2,1-2H3;1-2H3. The van der Waals surface area contributed by atoms with Crippen LogP contribution in [0.5, 0.6) is 0 Å². The van der Waals surface area contributed by atoms with Crippen LogP contribution in [0, 0.1) is 0 Å². The molecule has 0 spiro atoms. The molecule has 0 aliphatic heterocycles. The Balaban J connectivity index is 0.00000232. The van der Waals surface area contributed by atoms with E-state index in [0.717, 1.165) is 32.5 Å². The molecule has 0 aromatic heterocycles. The molecule has 0 bridgehead atoms. The van der Waals surface area contributed by atoms with Crippen LogP contribution >= 0.6 is 0 Å². The van der Waals surface area contributed by atoms with E-state index in [9.17, 15) is 0 Å². The Hall–Kier alpha value is -0.900. The topological polar surface area (TPSA) is 50.1 Å². The van der Waals surface area contributed by atoms with E-state index in [-0.39, 0.29) is 0 Å². The highest BCUT2D eigenvalue weighted by atomic mass is 14.9. The maximum Gasteiger partial charge on any atom is 0.0143 e. The van der Waals surface area contributed by atoms with Crippen molar-refractivity contribution in [1.82, 2.24) is 10.6 Å². The fourth-order valence-corrected chi connectivity index (χ4v) is 2.48. The van der Waals surface area contributed by atoms with Gasteiger partial charge >= 0.3 is 0 Å². The summed E-state index contributed by atoms with van der Waals surface area (Å²) in [5.74, 6) is 0. The minimum Gasteiger partial charge on any atom is -0.327 e. The molecule has 0 radical (unpaired) electrons. The number of nitrogens with one attached hydrogen (secondary N) is 2. The second-order valence-corrected chi connectivity index (χ2v) is 5.70. The molecular weight excluding hydrogens is 282 g/mol. The summed E-state index contributed by atoms with van der Waals surface area (Å²) in [6, 6.07) is 0.690. The monoisotopic (exact) mass is 321 g/mol. The van der Waals surface area contributed by atoms with Crippen molar-refractivity contribution in [3.05, 3.63) is 35.5 Å². The van der Waals surface area contributed by atoms with Gasteiger partial charge in [0.2, 0.25) is 0 Å². The molecular formula is C20H39N3. The third-order valence-corrected chi connectivity index (χ3v) is 4.05. The molecule has 1 aliphatic carbocycles. The molecule has 3 nitrogen and oxygen atoms in total. The Labute approximate surface area is 144 Å². The minimum absolute atomic E-state index is 0.663. The van der Waals surface area contributed by atoms with Crippen molar-refractivity contribution < 1.29 is 0 Å². The first-order valence-electron chi connectivity index (χ1n) is 9.49. The van der Waals surface area contributed by atoms with Gasteiger partial charge in [0, 0.05) is 12.6 Å². The molecule has 0 saturated heterocycles. The molecule has 0 saturated carbocycles. The van der Waals surface area contributed by atoms with Gasteiger partial charge in [-0.2, -0.15) is 0 Å². The number of rotatable bonds is 11. The van der Waals surface area contributed by atoms with Crippen LogP contribution in [0.3, 0.4) is 0 Å². The van der Waals surface area contributed by atoms with Gasteiger partial charge in [0.1, 0.15) is 0 Å². The molecule has 0 heterocycles. The van der Waals surface area contributed by atoms with Gasteiger partial charge in [-0.3, -0.25) is 0 Å². The molecule has 0 aromatic carbocycles. The Morgan fingerprint density at radius 1 is 1.09 bits per heavy atom. The van der Waals surface area contributed by atoms with E-state index in [2.05, 4.69) is 48.8 Å². The third-order valence-electron chi connectivity index (χ3n) is 4.05. The predicted molar refractivity (Wildman–Crippen MR) is 105 cm³/mol. The van der Waals surface area contributed by atoms with Crippen LogP contribution < -0.4 is 16.4 Å². The number of hydrogen-bond donors (Lipinski definition) is 3. The molecule has 0 unspecified atom stereocenters. The average Bonchev–Trinajstić information content (AvgIpc) is 2.84. The van der Waals surface area contributed by atoms with E-state index in [1.165, 1.54) is 30.4 Å². The van der Waals surface area contributed by atoms with Crippen molar-refractivity contribution >= 4 is 0 Å². The number of nitrogens with two attached hydrogens (primary N) is 1. The van der Waals surface area contributed by atoms with Crippen LogP contribution in [0.15, 0.2) is 35.5 Å². The van der Waals surface area contributed by atoms with Crippen LogP contribution in [0.2, 0.25) is 0 Å². The lowest BCUT2D eigenvalue weighted by atomic mass is 10.1. The lowest BCUT2D eigenvalue weighted by molar-refractivity contribution is 0.473. The van der Waals surface area contributed by atoms with Crippen molar-refractivity contribution in [3.8, 4) is 0 Å². The Morgan fingerprint density at radius 3 is 2.48 bits per heavy atom. The quantitative estimate of drug-likeness (QED) is 0.505. The zero-order valence-electron chi connectivity index (χ0n) is 15.8. The van der Waals surface area contributed by atoms with Crippen molar-refractivity contribution in [2.24, 2.45) is 5.73 Å². The van der Waals surface area contributed by atoms with Crippen LogP contribution in [-0.4, -0.2) is 32.2 Å². The summed E-state index contributed by atoms with van der Waals surface area (Å²) in [5.41, 5.74) is 8.37. The van der Waals surface area contributed by atoms with Crippen molar-refractivity contribution in [2.75, 3.05) is 26.2 Å². The van der Waals surface area contributed by atoms with Crippen LogP contribution in [0.25, 0.3) is 0 Å². The molecule has 0 amide bonds. The van der Waals surface area contributed by atoms with E-state index in [0.29, 0.717) is 12.6 Å². The predicted octanol–water partition coefficient (Wildman–Crippen LogP) is 3.93. The lowest BCUT2D eigenvalue weighted by Crippen LogP contribution is -2.30. The van der Waals surface area contributed by atoms with Gasteiger partial charge in [0.05, 0.1) is 0 Å². The van der Waals surface area contributed by atoms with E-state index in [1.54, 1.807) is 0 Å². The third kappa shape index (κ3) is 11.3. The normalized spacial score (nSPS) is 14.0. The number of allylic oxidation sites excluding steroid dienone is 4. The highest BCUT2D eigenvalue weighted by molar-refractivity contribution is 5.31. The first-order chi connectivity index (χ1) is 11.3. The van der Waals surface area contributed by atoms with E-state index < -0.39 is 0 Å². The molecule has 134 valence electrons. The molecule has 0 fully saturated rings. The van der Waals surface area contributed by atoms with Crippen molar-refractivity contribution in [2.45, 2.75) is 65.8 Å². The van der Waals surface area contributed by atoms with Gasteiger partial charge in [0.15, 0.2) is 0 Å². The Kier molecular flexibility index (Phi) is 15.4. The van der Waals surface area contributed by atoms with E-state index in [1.807, 2.05) is 13.8 Å². The molecule has 1 aliphatic rings. The first-order valence-corrected chi connectivity index (χ1v) is 9.49. The second kappa shape index (κ2) is 16.0. The van der Waals surface area contributed by atoms with E-state index >= 15 is 0 Å². The van der Waals surface area contributed by atoms with Gasteiger partial charge in [-0.15, -0.1) is 0 Å². The van der Waals surface area contributed by atoms with Crippen LogP contribution in [0.1, 0.15) is 59.8 Å². The van der Waals surface area contributed by atoms with E-state index in [4.69, 9.17) is 5.73 Å². The summed E-state index contributed by atoms with van der Waals surface area (Å²) in [6.45, 7) is 12.4. The second-order valence-electron chi connectivity index (χ2n) is 5.70. The average molecular weight is 322 g/mol. The van der Waals surface area contributed by atoms with Gasteiger partial charge in [-0.25, -0.2) is 0 Å². The summed E-state index contributed by atoms with van der Waals surface area (Å²) in [6.07, 6.45) is 14.6. The summed E-state index contributed by atoms with van der Waals surface area (Å²) >= 11 is 0. The summed E-state index contributed by atoms with van der Waals surface area (Å²) in [4.78, 5) is 0. The van der Waals surface area contributed by atoms with Crippen molar-refractivity contribution in [3.63, 3.8) is 0 Å². The zero-order chi connectivity index (χ0) is 17.3. The van der Waals surface area contributed by atoms with Gasteiger partial charge in [0.25, 0.3) is 0 Å². The lowest BCUT2D eigenvalue weighted by Gasteiger charge is -2.14. The highest BCUT2D eigenvalue weighted by Crippen LogP contribution is 2.12. The molecule has 4 N–H and O–H groups in total. The zero-order valence-corrected chi connectivity index (χ0v) is 15.8. The summed E-state index contributed by atoms with van der Waals surface area (Å²) in [7, 11) is 0. The van der Waals surface area contributed by atoms with Gasteiger partial charge in [-0.1, -0.05) is 57.6 Å². The highest BCUT2D eigenvalue weighted by Gasteiger charge is 2.01. The molecule has 3 heteroatoms. The maximum atomic E-state index is 5.68. The maximum absolute atomic E-state index is 5.68.